The van der Waals surface area contributed by atoms with Gasteiger partial charge in [-0.3, -0.25) is 0 Å². The molecule has 0 N–H and O–H groups in total. The van der Waals surface area contributed by atoms with E-state index in [0.29, 0.717) is 0 Å². The van der Waals surface area contributed by atoms with Gasteiger partial charge in [-0.25, -0.2) is 0 Å². The summed E-state index contributed by atoms with van der Waals surface area (Å²) in [6.07, 6.45) is 0. The number of fused-ring (bicyclic) bond motifs is 1. The Morgan fingerprint density at radius 1 is 1.18 bits per heavy atom. The Morgan fingerprint density at radius 3 is 2.82 bits per heavy atom. The van der Waals surface area contributed by atoms with Crippen LogP contribution in [0.1, 0.15) is 11.1 Å². The molecule has 2 nitrogen and oxygen atoms in total. The van der Waals surface area contributed by atoms with Crippen LogP contribution in [0.25, 0.3) is 11.0 Å². The molecule has 11 heavy (non-hydrogen) atoms. The third-order valence-electron chi connectivity index (χ3n) is 1.95. The van der Waals surface area contributed by atoms with Gasteiger partial charge >= 0.3 is 0 Å². The predicted molar refractivity (Wildman–Crippen MR) is 46.9 cm³/mol. The van der Waals surface area contributed by atoms with Crippen LogP contribution >= 0.6 is 11.7 Å². The third kappa shape index (κ3) is 0.922. The first-order valence-corrected chi connectivity index (χ1v) is 4.20. The zero-order valence-corrected chi connectivity index (χ0v) is 7.27. The minimum Gasteiger partial charge on any atom is -0.173 e. The lowest BCUT2D eigenvalue weighted by Gasteiger charge is -1.96. The Morgan fingerprint density at radius 2 is 2.00 bits per heavy atom. The largest absolute Gasteiger partial charge is 0.173 e. The van der Waals surface area contributed by atoms with Gasteiger partial charge in [-0.2, -0.15) is 8.75 Å². The molecule has 1 aromatic heterocycles. The number of hydrogen-bond donors (Lipinski definition) is 0. The van der Waals surface area contributed by atoms with Crippen molar-refractivity contribution in [1.82, 2.24) is 8.75 Å². The van der Waals surface area contributed by atoms with E-state index in [-0.39, 0.29) is 0 Å². The average Bonchev–Trinajstić information content (AvgIpc) is 2.45. The number of aromatic nitrogens is 2. The van der Waals surface area contributed by atoms with Gasteiger partial charge in [-0.1, -0.05) is 6.07 Å². The van der Waals surface area contributed by atoms with Gasteiger partial charge in [0.15, 0.2) is 0 Å². The first-order chi connectivity index (χ1) is 5.29. The SMILES string of the molecule is Cc1ccc2nsnc2c1C. The number of nitrogens with zero attached hydrogens (tertiary/aromatic N) is 2. The van der Waals surface area contributed by atoms with E-state index in [9.17, 15) is 0 Å². The molecule has 1 aromatic carbocycles. The lowest BCUT2D eigenvalue weighted by Crippen LogP contribution is -1.81. The Kier molecular flexibility index (Phi) is 1.39. The van der Waals surface area contributed by atoms with Gasteiger partial charge in [-0.15, -0.1) is 0 Å². The monoisotopic (exact) mass is 164 g/mol. The summed E-state index contributed by atoms with van der Waals surface area (Å²) in [6.45, 7) is 4.17. The van der Waals surface area contributed by atoms with Crippen molar-refractivity contribution in [3.05, 3.63) is 23.3 Å². The highest BCUT2D eigenvalue weighted by atomic mass is 32.1. The summed E-state index contributed by atoms with van der Waals surface area (Å²) in [4.78, 5) is 0. The van der Waals surface area contributed by atoms with Crippen molar-refractivity contribution >= 4 is 22.8 Å². The summed E-state index contributed by atoms with van der Waals surface area (Å²) in [7, 11) is 0. The van der Waals surface area contributed by atoms with Crippen LogP contribution in [0.3, 0.4) is 0 Å². The zero-order chi connectivity index (χ0) is 7.84. The minimum atomic E-state index is 1.01. The molecule has 0 atom stereocenters. The van der Waals surface area contributed by atoms with Gasteiger partial charge in [0.2, 0.25) is 0 Å². The lowest BCUT2D eigenvalue weighted by atomic mass is 10.1. The van der Waals surface area contributed by atoms with Crippen LogP contribution in [0.4, 0.5) is 0 Å². The molecule has 1 heterocycles. The molecule has 0 radical (unpaired) electrons. The standard InChI is InChI=1S/C8H8N2S/c1-5-3-4-7-8(6(5)2)10-11-9-7/h3-4H,1-2H3. The molecule has 0 aliphatic rings. The fourth-order valence-corrected chi connectivity index (χ4v) is 1.67. The molecule has 0 saturated carbocycles. The van der Waals surface area contributed by atoms with Gasteiger partial charge in [0.25, 0.3) is 0 Å². The quantitative estimate of drug-likeness (QED) is 0.597. The van der Waals surface area contributed by atoms with E-state index in [1.54, 1.807) is 0 Å². The maximum atomic E-state index is 4.21. The molecule has 56 valence electrons. The lowest BCUT2D eigenvalue weighted by molar-refractivity contribution is 1.36. The molecule has 3 heteroatoms. The van der Waals surface area contributed by atoms with Crippen LogP contribution in [-0.4, -0.2) is 8.75 Å². The molecular weight excluding hydrogens is 156 g/mol. The van der Waals surface area contributed by atoms with Crippen molar-refractivity contribution in [3.8, 4) is 0 Å². The molecule has 0 fully saturated rings. The summed E-state index contributed by atoms with van der Waals surface area (Å²) in [5, 5.41) is 0. The fraction of sp³-hybridized carbons (Fsp3) is 0.250. The molecular formula is C8H8N2S. The topological polar surface area (TPSA) is 25.8 Å². The smallest absolute Gasteiger partial charge is 0.107 e. The number of hydrogen-bond acceptors (Lipinski definition) is 3. The van der Waals surface area contributed by atoms with Gasteiger partial charge in [0.1, 0.15) is 11.0 Å². The number of rotatable bonds is 0. The van der Waals surface area contributed by atoms with Crippen molar-refractivity contribution in [1.29, 1.82) is 0 Å². The second-order valence-electron chi connectivity index (χ2n) is 2.64. The summed E-state index contributed by atoms with van der Waals surface area (Å²) < 4.78 is 8.36. The van der Waals surface area contributed by atoms with E-state index in [4.69, 9.17) is 0 Å². The molecule has 0 amide bonds. The Bertz CT molecular complexity index is 392. The van der Waals surface area contributed by atoms with E-state index < -0.39 is 0 Å². The van der Waals surface area contributed by atoms with Crippen molar-refractivity contribution in [3.63, 3.8) is 0 Å². The molecule has 0 aliphatic carbocycles. The zero-order valence-electron chi connectivity index (χ0n) is 6.46. The van der Waals surface area contributed by atoms with Crippen LogP contribution in [0.5, 0.6) is 0 Å². The number of aryl methyl sites for hydroxylation is 2. The predicted octanol–water partition coefficient (Wildman–Crippen LogP) is 2.31. The highest BCUT2D eigenvalue weighted by molar-refractivity contribution is 7.00. The molecule has 0 bridgehead atoms. The van der Waals surface area contributed by atoms with Crippen LogP contribution < -0.4 is 0 Å². The maximum Gasteiger partial charge on any atom is 0.107 e. The Hall–Kier alpha value is -0.960. The van der Waals surface area contributed by atoms with Gasteiger partial charge in [0, 0.05) is 0 Å². The van der Waals surface area contributed by atoms with Crippen molar-refractivity contribution in [2.45, 2.75) is 13.8 Å². The van der Waals surface area contributed by atoms with E-state index in [1.807, 2.05) is 6.07 Å². The van der Waals surface area contributed by atoms with E-state index in [2.05, 4.69) is 28.7 Å². The molecule has 2 aromatic rings. The van der Waals surface area contributed by atoms with Crippen LogP contribution in [0, 0.1) is 13.8 Å². The summed E-state index contributed by atoms with van der Waals surface area (Å²) >= 11 is 1.28. The molecule has 0 spiro atoms. The second kappa shape index (κ2) is 2.27. The average molecular weight is 164 g/mol. The highest BCUT2D eigenvalue weighted by Gasteiger charge is 2.02. The fourth-order valence-electron chi connectivity index (χ4n) is 1.08. The third-order valence-corrected chi connectivity index (χ3v) is 2.49. The maximum absolute atomic E-state index is 4.21. The summed E-state index contributed by atoms with van der Waals surface area (Å²) in [5.74, 6) is 0. The first-order valence-electron chi connectivity index (χ1n) is 3.47. The van der Waals surface area contributed by atoms with Gasteiger partial charge < -0.3 is 0 Å². The highest BCUT2D eigenvalue weighted by Crippen LogP contribution is 2.18. The Balaban J connectivity index is 2.93. The summed E-state index contributed by atoms with van der Waals surface area (Å²) in [6, 6.07) is 4.10. The molecule has 0 aliphatic heterocycles. The van der Waals surface area contributed by atoms with Crippen molar-refractivity contribution in [2.24, 2.45) is 0 Å². The van der Waals surface area contributed by atoms with E-state index >= 15 is 0 Å². The molecule has 0 saturated heterocycles. The molecule has 0 unspecified atom stereocenters. The number of benzene rings is 1. The van der Waals surface area contributed by atoms with Crippen molar-refractivity contribution in [2.75, 3.05) is 0 Å². The summed E-state index contributed by atoms with van der Waals surface area (Å²) in [5.41, 5.74) is 4.59. The first kappa shape index (κ1) is 6.73. The van der Waals surface area contributed by atoms with Gasteiger partial charge in [0.05, 0.1) is 11.7 Å². The van der Waals surface area contributed by atoms with Crippen molar-refractivity contribution < 1.29 is 0 Å². The van der Waals surface area contributed by atoms with E-state index in [0.717, 1.165) is 11.0 Å². The Labute approximate surface area is 69.2 Å². The second-order valence-corrected chi connectivity index (χ2v) is 3.17. The molecule has 2 rings (SSSR count). The van der Waals surface area contributed by atoms with Crippen LogP contribution in [0.2, 0.25) is 0 Å². The minimum absolute atomic E-state index is 1.01. The van der Waals surface area contributed by atoms with E-state index in [1.165, 1.54) is 22.9 Å². The van der Waals surface area contributed by atoms with Crippen LogP contribution in [0.15, 0.2) is 12.1 Å². The van der Waals surface area contributed by atoms with Crippen LogP contribution in [-0.2, 0) is 0 Å². The van der Waals surface area contributed by atoms with Gasteiger partial charge in [-0.05, 0) is 31.0 Å². The normalized spacial score (nSPS) is 10.7.